The van der Waals surface area contributed by atoms with Gasteiger partial charge in [0, 0.05) is 5.02 Å². The van der Waals surface area contributed by atoms with Crippen molar-refractivity contribution >= 4 is 49.1 Å². The van der Waals surface area contributed by atoms with E-state index in [1.807, 2.05) is 26.0 Å². The quantitative estimate of drug-likeness (QED) is 0.373. The number of carbonyl (C=O) groups is 1. The Bertz CT molecular complexity index is 1200. The van der Waals surface area contributed by atoms with Crippen LogP contribution in [0.2, 0.25) is 5.02 Å². The molecule has 0 saturated carbocycles. The van der Waals surface area contributed by atoms with Gasteiger partial charge < -0.3 is 9.47 Å². The molecule has 1 amide bonds. The minimum absolute atomic E-state index is 0.0688. The molecule has 0 radical (unpaired) electrons. The summed E-state index contributed by atoms with van der Waals surface area (Å²) in [6, 6.07) is 17.2. The van der Waals surface area contributed by atoms with E-state index in [9.17, 15) is 13.2 Å². The summed E-state index contributed by atoms with van der Waals surface area (Å²) in [6.45, 7) is 3.74. The summed E-state index contributed by atoms with van der Waals surface area (Å²) in [7, 11) is -4.22. The molecule has 0 N–H and O–H groups in total. The number of sulfonamides is 1. The first-order chi connectivity index (χ1) is 15.2. The molecule has 3 aromatic carbocycles. The van der Waals surface area contributed by atoms with Crippen LogP contribution in [-0.4, -0.2) is 27.5 Å². The molecule has 3 rings (SSSR count). The Morgan fingerprint density at radius 1 is 1.00 bits per heavy atom. The topological polar surface area (TPSA) is 72.9 Å². The normalized spacial score (nSPS) is 11.1. The zero-order valence-electron chi connectivity index (χ0n) is 17.4. The fourth-order valence-electron chi connectivity index (χ4n) is 2.89. The number of hydrogen-bond donors (Lipinski definition) is 0. The third kappa shape index (κ3) is 5.62. The highest BCUT2D eigenvalue weighted by atomic mass is 79.9. The molecule has 0 fully saturated rings. The Balaban J connectivity index is 1.95. The van der Waals surface area contributed by atoms with E-state index in [2.05, 4.69) is 15.9 Å². The van der Waals surface area contributed by atoms with Crippen LogP contribution in [0.15, 0.2) is 76.1 Å². The van der Waals surface area contributed by atoms with Gasteiger partial charge in [-0.25, -0.2) is 8.42 Å². The van der Waals surface area contributed by atoms with Crippen molar-refractivity contribution in [3.8, 4) is 11.5 Å². The van der Waals surface area contributed by atoms with Gasteiger partial charge in [0.2, 0.25) is 0 Å². The fraction of sp³-hybridized carbons (Fsp3) is 0.174. The highest BCUT2D eigenvalue weighted by Crippen LogP contribution is 2.29. The first-order valence-electron chi connectivity index (χ1n) is 9.68. The van der Waals surface area contributed by atoms with Gasteiger partial charge in [-0.1, -0.05) is 17.7 Å². The zero-order chi connectivity index (χ0) is 23.3. The minimum Gasteiger partial charge on any atom is -0.494 e. The Morgan fingerprint density at radius 2 is 1.66 bits per heavy atom. The average Bonchev–Trinajstić information content (AvgIpc) is 2.75. The molecular formula is C23H21BrClNO5S. The first-order valence-corrected chi connectivity index (χ1v) is 12.3. The molecule has 0 bridgehead atoms. The Labute approximate surface area is 200 Å². The number of ether oxygens (including phenoxy) is 2. The molecule has 6 nitrogen and oxygen atoms in total. The highest BCUT2D eigenvalue weighted by molar-refractivity contribution is 9.10. The lowest BCUT2D eigenvalue weighted by Crippen LogP contribution is -2.40. The predicted molar refractivity (Wildman–Crippen MR) is 128 cm³/mol. The molecule has 0 atom stereocenters. The molecule has 0 aromatic heterocycles. The van der Waals surface area contributed by atoms with Crippen LogP contribution in [0.1, 0.15) is 12.5 Å². The lowest BCUT2D eigenvalue weighted by molar-refractivity contribution is -0.119. The molecule has 3 aromatic rings. The van der Waals surface area contributed by atoms with Crippen LogP contribution in [0, 0.1) is 6.92 Å². The van der Waals surface area contributed by atoms with Crippen LogP contribution < -0.4 is 13.8 Å². The van der Waals surface area contributed by atoms with E-state index >= 15 is 0 Å². The number of hydrogen-bond acceptors (Lipinski definition) is 5. The van der Waals surface area contributed by atoms with Gasteiger partial charge >= 0.3 is 0 Å². The summed E-state index contributed by atoms with van der Waals surface area (Å²) in [6.07, 6.45) is 0. The lowest BCUT2D eigenvalue weighted by Gasteiger charge is -2.23. The van der Waals surface area contributed by atoms with E-state index in [4.69, 9.17) is 21.1 Å². The van der Waals surface area contributed by atoms with E-state index in [1.54, 1.807) is 18.2 Å². The molecule has 9 heteroatoms. The Hall–Kier alpha value is -2.55. The van der Waals surface area contributed by atoms with Gasteiger partial charge in [-0.2, -0.15) is 4.31 Å². The molecule has 168 valence electrons. The van der Waals surface area contributed by atoms with Crippen LogP contribution in [0.5, 0.6) is 11.5 Å². The van der Waals surface area contributed by atoms with Gasteiger partial charge in [-0.05, 0) is 96.0 Å². The second kappa shape index (κ2) is 10.4. The van der Waals surface area contributed by atoms with Gasteiger partial charge in [0.15, 0.2) is 6.61 Å². The highest BCUT2D eigenvalue weighted by Gasteiger charge is 2.31. The van der Waals surface area contributed by atoms with E-state index < -0.39 is 22.5 Å². The number of halogens is 2. The standard InChI is InChI=1S/C23H21BrClNO5S/c1-3-30-19-9-7-18(8-10-19)26(32(28,29)20-11-5-17(25)6-12-20)23(27)15-31-22-13-4-16(2)14-21(22)24/h4-14H,3,15H2,1-2H3. The predicted octanol–water partition coefficient (Wildman–Crippen LogP) is 5.61. The third-order valence-electron chi connectivity index (χ3n) is 4.40. The summed E-state index contributed by atoms with van der Waals surface area (Å²) in [5, 5.41) is 0.385. The SMILES string of the molecule is CCOc1ccc(N(C(=O)COc2ccc(C)cc2Br)S(=O)(=O)c2ccc(Cl)cc2)cc1. The molecular weight excluding hydrogens is 518 g/mol. The van der Waals surface area contributed by atoms with Gasteiger partial charge in [-0.3, -0.25) is 4.79 Å². The van der Waals surface area contributed by atoms with Crippen LogP contribution in [0.4, 0.5) is 5.69 Å². The van der Waals surface area contributed by atoms with Crippen molar-refractivity contribution in [3.05, 3.63) is 81.8 Å². The first kappa shape index (κ1) is 24.1. The van der Waals surface area contributed by atoms with E-state index in [0.29, 0.717) is 27.6 Å². The number of carbonyl (C=O) groups excluding carboxylic acids is 1. The van der Waals surface area contributed by atoms with Gasteiger partial charge in [0.25, 0.3) is 15.9 Å². The largest absolute Gasteiger partial charge is 0.494 e. The molecule has 0 aliphatic rings. The van der Waals surface area contributed by atoms with Crippen LogP contribution >= 0.6 is 27.5 Å². The Kier molecular flexibility index (Phi) is 7.82. The monoisotopic (exact) mass is 537 g/mol. The van der Waals surface area contributed by atoms with Gasteiger partial charge in [0.1, 0.15) is 11.5 Å². The van der Waals surface area contributed by atoms with E-state index in [0.717, 1.165) is 9.87 Å². The van der Waals surface area contributed by atoms with E-state index in [-0.39, 0.29) is 10.6 Å². The van der Waals surface area contributed by atoms with Crippen molar-refractivity contribution in [2.45, 2.75) is 18.7 Å². The minimum atomic E-state index is -4.22. The molecule has 0 saturated heterocycles. The lowest BCUT2D eigenvalue weighted by atomic mass is 10.2. The maximum atomic E-state index is 13.4. The number of amides is 1. The summed E-state index contributed by atoms with van der Waals surface area (Å²) >= 11 is 9.29. The molecule has 0 heterocycles. The van der Waals surface area contributed by atoms with Gasteiger partial charge in [-0.15, -0.1) is 0 Å². The zero-order valence-corrected chi connectivity index (χ0v) is 20.6. The van der Waals surface area contributed by atoms with Crippen molar-refractivity contribution in [2.75, 3.05) is 17.5 Å². The van der Waals surface area contributed by atoms with Gasteiger partial charge in [0.05, 0.1) is 21.7 Å². The molecule has 0 spiro atoms. The Morgan fingerprint density at radius 3 is 2.25 bits per heavy atom. The van der Waals surface area contributed by atoms with E-state index in [1.165, 1.54) is 36.4 Å². The second-order valence-electron chi connectivity index (χ2n) is 6.77. The summed E-state index contributed by atoms with van der Waals surface area (Å²) in [5.41, 5.74) is 1.18. The molecule has 0 aliphatic carbocycles. The maximum absolute atomic E-state index is 13.4. The number of aryl methyl sites for hydroxylation is 1. The average molecular weight is 539 g/mol. The smallest absolute Gasteiger partial charge is 0.278 e. The van der Waals surface area contributed by atoms with Crippen molar-refractivity contribution < 1.29 is 22.7 Å². The number of benzene rings is 3. The van der Waals surface area contributed by atoms with Crippen molar-refractivity contribution in [2.24, 2.45) is 0 Å². The number of nitrogens with zero attached hydrogens (tertiary/aromatic N) is 1. The second-order valence-corrected chi connectivity index (χ2v) is 9.84. The number of anilines is 1. The summed E-state index contributed by atoms with van der Waals surface area (Å²) in [5.74, 6) is 0.239. The maximum Gasteiger partial charge on any atom is 0.278 e. The van der Waals surface area contributed by atoms with Crippen molar-refractivity contribution in [3.63, 3.8) is 0 Å². The van der Waals surface area contributed by atoms with Crippen molar-refractivity contribution in [1.82, 2.24) is 0 Å². The third-order valence-corrected chi connectivity index (χ3v) is 7.03. The number of rotatable bonds is 8. The van der Waals surface area contributed by atoms with Crippen LogP contribution in [0.25, 0.3) is 0 Å². The summed E-state index contributed by atoms with van der Waals surface area (Å²) < 4.78 is 39.2. The summed E-state index contributed by atoms with van der Waals surface area (Å²) in [4.78, 5) is 13.1. The molecule has 0 aliphatic heterocycles. The fourth-order valence-corrected chi connectivity index (χ4v) is 5.04. The molecule has 0 unspecified atom stereocenters. The van der Waals surface area contributed by atoms with Crippen LogP contribution in [-0.2, 0) is 14.8 Å². The van der Waals surface area contributed by atoms with Crippen LogP contribution in [0.3, 0.4) is 0 Å². The molecule has 32 heavy (non-hydrogen) atoms. The van der Waals surface area contributed by atoms with Crippen molar-refractivity contribution in [1.29, 1.82) is 0 Å².